The molecule has 0 spiro atoms. The summed E-state index contributed by atoms with van der Waals surface area (Å²) in [5.74, 6) is 1.31. The maximum absolute atomic E-state index is 9.71. The van der Waals surface area contributed by atoms with Gasteiger partial charge in [-0.25, -0.2) is 4.98 Å². The lowest BCUT2D eigenvalue weighted by Crippen LogP contribution is -2.10. The predicted octanol–water partition coefficient (Wildman–Crippen LogP) is 4.54. The summed E-state index contributed by atoms with van der Waals surface area (Å²) in [6.07, 6.45) is 13.1. The molecule has 21 heavy (non-hydrogen) atoms. The molecule has 0 saturated carbocycles. The van der Waals surface area contributed by atoms with Gasteiger partial charge in [0.1, 0.15) is 11.1 Å². The van der Waals surface area contributed by atoms with Crippen molar-refractivity contribution in [2.24, 2.45) is 0 Å². The smallest absolute Gasteiger partial charge is 0.115 e. The van der Waals surface area contributed by atoms with E-state index in [-0.39, 0.29) is 0 Å². The Kier molecular flexibility index (Phi) is 4.45. The van der Waals surface area contributed by atoms with Gasteiger partial charge in [0, 0.05) is 11.4 Å². The highest BCUT2D eigenvalue weighted by atomic mass is 32.2. The second-order valence-electron chi connectivity index (χ2n) is 5.68. The molecule has 0 aromatic carbocycles. The number of pyridine rings is 1. The highest BCUT2D eigenvalue weighted by molar-refractivity contribution is 7.99. The van der Waals surface area contributed by atoms with Gasteiger partial charge in [-0.3, -0.25) is 0 Å². The molecule has 0 bridgehead atoms. The van der Waals surface area contributed by atoms with Crippen LogP contribution >= 0.6 is 11.8 Å². The Balaban J connectivity index is 2.10. The first-order valence-corrected chi connectivity index (χ1v) is 8.68. The van der Waals surface area contributed by atoms with E-state index in [9.17, 15) is 5.26 Å². The molecule has 1 heterocycles. The number of aryl methyl sites for hydroxylation is 1. The van der Waals surface area contributed by atoms with E-state index in [0.29, 0.717) is 5.92 Å². The molecule has 0 amide bonds. The number of aromatic nitrogens is 1. The SMILES string of the molecule is C=CCSc1nc2c(c([C@H]3CC=CCC3)c1C#N)CCC2. The third-order valence-corrected chi connectivity index (χ3v) is 5.33. The van der Waals surface area contributed by atoms with Crippen molar-refractivity contribution in [2.45, 2.75) is 49.5 Å². The lowest BCUT2D eigenvalue weighted by atomic mass is 9.83. The molecule has 0 N–H and O–H groups in total. The number of hydrogen-bond acceptors (Lipinski definition) is 3. The molecule has 3 rings (SSSR count). The van der Waals surface area contributed by atoms with Crippen molar-refractivity contribution in [2.75, 3.05) is 5.75 Å². The first-order chi connectivity index (χ1) is 10.3. The molecule has 0 unspecified atom stereocenters. The van der Waals surface area contributed by atoms with Gasteiger partial charge in [-0.2, -0.15) is 5.26 Å². The average molecular weight is 296 g/mol. The highest BCUT2D eigenvalue weighted by Crippen LogP contribution is 2.40. The number of fused-ring (bicyclic) bond motifs is 1. The number of hydrogen-bond donors (Lipinski definition) is 0. The van der Waals surface area contributed by atoms with E-state index >= 15 is 0 Å². The zero-order valence-electron chi connectivity index (χ0n) is 12.3. The van der Waals surface area contributed by atoms with E-state index < -0.39 is 0 Å². The third kappa shape index (κ3) is 2.78. The van der Waals surface area contributed by atoms with E-state index in [1.807, 2.05) is 6.08 Å². The molecule has 2 nitrogen and oxygen atoms in total. The largest absolute Gasteiger partial charge is 0.245 e. The summed E-state index contributed by atoms with van der Waals surface area (Å²) < 4.78 is 0. The van der Waals surface area contributed by atoms with E-state index in [1.165, 1.54) is 23.2 Å². The number of rotatable bonds is 4. The molecule has 2 aliphatic rings. The first-order valence-electron chi connectivity index (χ1n) is 7.69. The van der Waals surface area contributed by atoms with Gasteiger partial charge in [0.25, 0.3) is 0 Å². The van der Waals surface area contributed by atoms with Crippen LogP contribution in [0.5, 0.6) is 0 Å². The van der Waals surface area contributed by atoms with Gasteiger partial charge in [0.15, 0.2) is 0 Å². The molecule has 3 heteroatoms. The van der Waals surface area contributed by atoms with Gasteiger partial charge in [0.05, 0.1) is 5.56 Å². The van der Waals surface area contributed by atoms with Gasteiger partial charge in [-0.1, -0.05) is 18.2 Å². The van der Waals surface area contributed by atoms with E-state index in [1.54, 1.807) is 11.8 Å². The summed E-state index contributed by atoms with van der Waals surface area (Å²) in [5.41, 5.74) is 4.78. The van der Waals surface area contributed by atoms with Crippen LogP contribution in [0.2, 0.25) is 0 Å². The van der Waals surface area contributed by atoms with Crippen molar-refractivity contribution in [3.63, 3.8) is 0 Å². The molecular formula is C18H20N2S. The van der Waals surface area contributed by atoms with Gasteiger partial charge in [-0.15, -0.1) is 18.3 Å². The number of nitriles is 1. The summed E-state index contributed by atoms with van der Waals surface area (Å²) >= 11 is 1.65. The van der Waals surface area contributed by atoms with Crippen molar-refractivity contribution in [3.05, 3.63) is 47.2 Å². The molecule has 0 radical (unpaired) electrons. The van der Waals surface area contributed by atoms with Crippen LogP contribution in [0.15, 0.2) is 29.8 Å². The summed E-state index contributed by atoms with van der Waals surface area (Å²) in [5, 5.41) is 10.6. The van der Waals surface area contributed by atoms with Crippen molar-refractivity contribution in [3.8, 4) is 6.07 Å². The Morgan fingerprint density at radius 3 is 3.05 bits per heavy atom. The van der Waals surface area contributed by atoms with Crippen LogP contribution in [0.3, 0.4) is 0 Å². The number of thioether (sulfide) groups is 1. The summed E-state index contributed by atoms with van der Waals surface area (Å²) in [6.45, 7) is 3.78. The van der Waals surface area contributed by atoms with Gasteiger partial charge < -0.3 is 0 Å². The van der Waals surface area contributed by atoms with Crippen molar-refractivity contribution < 1.29 is 0 Å². The zero-order chi connectivity index (χ0) is 14.7. The van der Waals surface area contributed by atoms with Crippen LogP contribution in [0.4, 0.5) is 0 Å². The molecular weight excluding hydrogens is 276 g/mol. The van der Waals surface area contributed by atoms with Gasteiger partial charge in [0.2, 0.25) is 0 Å². The molecule has 1 atom stereocenters. The topological polar surface area (TPSA) is 36.7 Å². The second kappa shape index (κ2) is 6.49. The van der Waals surface area contributed by atoms with Crippen LogP contribution in [-0.4, -0.2) is 10.7 Å². The number of allylic oxidation sites excluding steroid dienone is 2. The fourth-order valence-electron chi connectivity index (χ4n) is 3.44. The Labute approximate surface area is 131 Å². The van der Waals surface area contributed by atoms with Crippen LogP contribution < -0.4 is 0 Å². The van der Waals surface area contributed by atoms with E-state index in [2.05, 4.69) is 24.8 Å². The van der Waals surface area contributed by atoms with Crippen LogP contribution in [0, 0.1) is 11.3 Å². The molecule has 0 fully saturated rings. The summed E-state index contributed by atoms with van der Waals surface area (Å²) in [6, 6.07) is 2.46. The molecule has 1 aromatic rings. The van der Waals surface area contributed by atoms with Crippen LogP contribution in [0.25, 0.3) is 0 Å². The maximum Gasteiger partial charge on any atom is 0.115 e. The quantitative estimate of drug-likeness (QED) is 0.604. The molecule has 1 aromatic heterocycles. The standard InChI is InChI=1S/C18H20N2S/c1-2-11-21-18-15(12-19)17(13-7-4-3-5-8-13)14-9-6-10-16(14)20-18/h2-4,13H,1,5-11H2/t13-/m0/s1. The summed E-state index contributed by atoms with van der Waals surface area (Å²) in [4.78, 5) is 4.79. The van der Waals surface area contributed by atoms with Crippen molar-refractivity contribution in [1.82, 2.24) is 4.98 Å². The second-order valence-corrected chi connectivity index (χ2v) is 6.69. The van der Waals surface area contributed by atoms with Crippen molar-refractivity contribution >= 4 is 11.8 Å². The highest BCUT2D eigenvalue weighted by Gasteiger charge is 2.27. The lowest BCUT2D eigenvalue weighted by molar-refractivity contribution is 0.607. The Hall–Kier alpha value is -1.53. The Morgan fingerprint density at radius 2 is 2.33 bits per heavy atom. The Morgan fingerprint density at radius 1 is 1.43 bits per heavy atom. The van der Waals surface area contributed by atoms with Crippen molar-refractivity contribution in [1.29, 1.82) is 5.26 Å². The minimum Gasteiger partial charge on any atom is -0.245 e. The van der Waals surface area contributed by atoms with E-state index in [0.717, 1.165) is 48.4 Å². The van der Waals surface area contributed by atoms with Gasteiger partial charge >= 0.3 is 0 Å². The van der Waals surface area contributed by atoms with Gasteiger partial charge in [-0.05, 0) is 55.6 Å². The van der Waals surface area contributed by atoms with Crippen LogP contribution in [-0.2, 0) is 12.8 Å². The molecule has 2 aliphatic carbocycles. The predicted molar refractivity (Wildman–Crippen MR) is 87.6 cm³/mol. The summed E-state index contributed by atoms with van der Waals surface area (Å²) in [7, 11) is 0. The molecule has 0 saturated heterocycles. The molecule has 0 aliphatic heterocycles. The maximum atomic E-state index is 9.71. The minimum absolute atomic E-state index is 0.502. The first kappa shape index (κ1) is 14.4. The minimum atomic E-state index is 0.502. The normalized spacial score (nSPS) is 20.0. The fourth-order valence-corrected chi connectivity index (χ4v) is 4.19. The lowest BCUT2D eigenvalue weighted by Gasteiger charge is -2.23. The molecule has 108 valence electrons. The Bertz CT molecular complexity index is 625. The average Bonchev–Trinajstić information content (AvgIpc) is 3.00. The van der Waals surface area contributed by atoms with Crippen LogP contribution in [0.1, 0.15) is 54.0 Å². The van der Waals surface area contributed by atoms with E-state index in [4.69, 9.17) is 4.98 Å². The zero-order valence-corrected chi connectivity index (χ0v) is 13.1. The fraction of sp³-hybridized carbons (Fsp3) is 0.444. The number of nitrogens with zero attached hydrogens (tertiary/aromatic N) is 2. The monoisotopic (exact) mass is 296 g/mol. The third-order valence-electron chi connectivity index (χ3n) is 4.36.